The van der Waals surface area contributed by atoms with Crippen molar-refractivity contribution in [2.45, 2.75) is 19.0 Å². The molecule has 4 nitrogen and oxygen atoms in total. The van der Waals surface area contributed by atoms with E-state index >= 15 is 0 Å². The van der Waals surface area contributed by atoms with Crippen molar-refractivity contribution in [2.24, 2.45) is 4.99 Å². The Kier molecular flexibility index (Phi) is 7.39. The molecule has 0 spiro atoms. The highest BCUT2D eigenvalue weighted by Gasteiger charge is 2.25. The van der Waals surface area contributed by atoms with Gasteiger partial charge in [0.25, 0.3) is 0 Å². The van der Waals surface area contributed by atoms with Gasteiger partial charge in [-0.05, 0) is 101 Å². The highest BCUT2D eigenvalue weighted by Crippen LogP contribution is 2.40. The number of aromatic nitrogens is 2. The topological polar surface area (TPSA) is 34.2 Å². The van der Waals surface area contributed by atoms with Gasteiger partial charge in [-0.25, -0.2) is 0 Å². The second-order valence-corrected chi connectivity index (χ2v) is 15.5. The molecule has 58 heavy (non-hydrogen) atoms. The van der Waals surface area contributed by atoms with Crippen LogP contribution in [0.25, 0.3) is 72.1 Å². The van der Waals surface area contributed by atoms with Gasteiger partial charge in [-0.3, -0.25) is 4.99 Å². The lowest BCUT2D eigenvalue weighted by Gasteiger charge is -2.27. The fourth-order valence-corrected chi connectivity index (χ4v) is 9.49. The number of hydrogen-bond acceptors (Lipinski definition) is 2. The number of aryl methyl sites for hydroxylation is 1. The first kappa shape index (κ1) is 32.8. The summed E-state index contributed by atoms with van der Waals surface area (Å²) in [5, 5.41) is 10.0. The van der Waals surface area contributed by atoms with Gasteiger partial charge in [0.1, 0.15) is 6.17 Å². The van der Waals surface area contributed by atoms with Crippen LogP contribution >= 0.6 is 0 Å². The number of hydrogen-bond donors (Lipinski definition) is 1. The summed E-state index contributed by atoms with van der Waals surface area (Å²) in [4.78, 5) is 5.35. The Morgan fingerprint density at radius 3 is 1.95 bits per heavy atom. The maximum atomic E-state index is 5.35. The molecule has 12 rings (SSSR count). The Labute approximate surface area is 336 Å². The second kappa shape index (κ2) is 13.1. The number of benzene rings is 8. The van der Waals surface area contributed by atoms with Crippen LogP contribution in [-0.2, 0) is 6.42 Å². The van der Waals surface area contributed by atoms with Gasteiger partial charge in [0.2, 0.25) is 0 Å². The summed E-state index contributed by atoms with van der Waals surface area (Å²) in [6.45, 7) is 0. The third-order valence-corrected chi connectivity index (χ3v) is 12.2. The van der Waals surface area contributed by atoms with Gasteiger partial charge in [0, 0.05) is 49.7 Å². The maximum absolute atomic E-state index is 5.35. The summed E-state index contributed by atoms with van der Waals surface area (Å²) in [5.41, 5.74) is 16.7. The van der Waals surface area contributed by atoms with Gasteiger partial charge < -0.3 is 14.5 Å². The van der Waals surface area contributed by atoms with E-state index in [0.29, 0.717) is 0 Å². The summed E-state index contributed by atoms with van der Waals surface area (Å²) >= 11 is 0. The van der Waals surface area contributed by atoms with Gasteiger partial charge in [-0.1, -0.05) is 133 Å². The van der Waals surface area contributed by atoms with E-state index < -0.39 is 0 Å². The van der Waals surface area contributed by atoms with Crippen LogP contribution in [0.3, 0.4) is 0 Å². The maximum Gasteiger partial charge on any atom is 0.145 e. The van der Waals surface area contributed by atoms with Crippen LogP contribution in [0.2, 0.25) is 0 Å². The highest BCUT2D eigenvalue weighted by atomic mass is 15.1. The number of rotatable bonds is 5. The molecule has 0 bridgehead atoms. The first-order valence-corrected chi connectivity index (χ1v) is 20.2. The molecule has 1 atom stereocenters. The number of anilines is 1. The minimum absolute atomic E-state index is 0.188. The molecule has 0 radical (unpaired) electrons. The average Bonchev–Trinajstić information content (AvgIpc) is 3.81. The first-order chi connectivity index (χ1) is 28.8. The smallest absolute Gasteiger partial charge is 0.145 e. The molecule has 2 aromatic heterocycles. The van der Waals surface area contributed by atoms with Crippen molar-refractivity contribution in [3.8, 4) is 22.5 Å². The quantitative estimate of drug-likeness (QED) is 0.187. The molecular weight excluding hydrogens is 705 g/mol. The van der Waals surface area contributed by atoms with Crippen molar-refractivity contribution in [3.63, 3.8) is 0 Å². The lowest BCUT2D eigenvalue weighted by Crippen LogP contribution is -2.21. The molecule has 2 aliphatic rings. The lowest BCUT2D eigenvalue weighted by atomic mass is 9.94. The second-order valence-electron chi connectivity index (χ2n) is 15.5. The van der Waals surface area contributed by atoms with E-state index in [1.54, 1.807) is 0 Å². The van der Waals surface area contributed by atoms with Crippen molar-refractivity contribution in [3.05, 3.63) is 216 Å². The zero-order valence-electron chi connectivity index (χ0n) is 31.8. The molecule has 1 N–H and O–H groups in total. The molecule has 1 aliphatic carbocycles. The van der Waals surface area contributed by atoms with Gasteiger partial charge in [0.05, 0.1) is 27.9 Å². The van der Waals surface area contributed by atoms with Crippen molar-refractivity contribution in [1.82, 2.24) is 9.13 Å². The van der Waals surface area contributed by atoms with Crippen LogP contribution in [0.1, 0.15) is 40.5 Å². The van der Waals surface area contributed by atoms with Gasteiger partial charge in [-0.2, -0.15) is 0 Å². The van der Waals surface area contributed by atoms with Crippen LogP contribution in [0.4, 0.5) is 5.69 Å². The molecule has 1 unspecified atom stereocenters. The molecule has 0 amide bonds. The minimum Gasteiger partial charge on any atom is -0.359 e. The Morgan fingerprint density at radius 1 is 0.500 bits per heavy atom. The van der Waals surface area contributed by atoms with Crippen molar-refractivity contribution in [2.75, 3.05) is 5.32 Å². The van der Waals surface area contributed by atoms with Crippen LogP contribution < -0.4 is 5.32 Å². The van der Waals surface area contributed by atoms with E-state index in [0.717, 1.165) is 46.6 Å². The van der Waals surface area contributed by atoms with Gasteiger partial charge in [-0.15, -0.1) is 0 Å². The van der Waals surface area contributed by atoms with Crippen LogP contribution in [0.15, 0.2) is 193 Å². The lowest BCUT2D eigenvalue weighted by molar-refractivity contribution is 0.830. The predicted molar refractivity (Wildman–Crippen MR) is 243 cm³/mol. The van der Waals surface area contributed by atoms with Crippen molar-refractivity contribution < 1.29 is 0 Å². The van der Waals surface area contributed by atoms with E-state index in [9.17, 15) is 0 Å². The Morgan fingerprint density at radius 2 is 1.14 bits per heavy atom. The third kappa shape index (κ3) is 5.12. The largest absolute Gasteiger partial charge is 0.359 e. The fraction of sp³-hybridized carbons (Fsp3) is 0.0556. The first-order valence-electron chi connectivity index (χ1n) is 20.2. The van der Waals surface area contributed by atoms with E-state index in [4.69, 9.17) is 4.99 Å². The van der Waals surface area contributed by atoms with Gasteiger partial charge >= 0.3 is 0 Å². The Balaban J connectivity index is 0.959. The molecule has 0 fully saturated rings. The number of nitrogens with one attached hydrogen (secondary N) is 1. The SMILES string of the molecule is C1=Cc2c(c3cc(-c4ccc5c(c4)c4ccccc4n5-c4ccc(C5=NC(c6ccccc6)Nc6c5ccc5ccccc65)cc4)ccc3n2-c2ccccc2)CC1. The minimum atomic E-state index is -0.188. The molecule has 1 aliphatic heterocycles. The number of fused-ring (bicyclic) bond motifs is 9. The summed E-state index contributed by atoms with van der Waals surface area (Å²) in [5.74, 6) is 0. The third-order valence-electron chi connectivity index (χ3n) is 12.2. The normalized spacial score (nSPS) is 14.8. The van der Waals surface area contributed by atoms with E-state index in [1.165, 1.54) is 71.6 Å². The Hall–Kier alpha value is -7.43. The summed E-state index contributed by atoms with van der Waals surface area (Å²) in [7, 11) is 0. The van der Waals surface area contributed by atoms with Gasteiger partial charge in [0.15, 0.2) is 0 Å². The standard InChI is InChI=1S/C54H38N4/c1-3-14-37(15-4-1)54-55-52(45-30-25-35-13-7-8-18-42(35)53(45)56-54)36-23-28-41(29-24-36)58-49-22-12-10-20-44(49)47-34-39(27-32-51(47)58)38-26-31-50-46(33-38)43-19-9-11-21-48(43)57(50)40-16-5-2-6-17-40/h1-8,10-18,20-34,54,56H,9,19H2. The summed E-state index contributed by atoms with van der Waals surface area (Å²) < 4.78 is 4.83. The zero-order chi connectivity index (χ0) is 38.2. The monoisotopic (exact) mass is 742 g/mol. The van der Waals surface area contributed by atoms with Crippen LogP contribution in [-0.4, -0.2) is 14.8 Å². The van der Waals surface area contributed by atoms with Crippen molar-refractivity contribution in [1.29, 1.82) is 0 Å². The Bertz CT molecular complexity index is 3290. The molecule has 0 saturated heterocycles. The summed E-state index contributed by atoms with van der Waals surface area (Å²) in [6.07, 6.45) is 6.55. The van der Waals surface area contributed by atoms with Crippen LogP contribution in [0.5, 0.6) is 0 Å². The molecule has 8 aromatic carbocycles. The molecule has 10 aromatic rings. The molecule has 274 valence electrons. The van der Waals surface area contributed by atoms with E-state index in [-0.39, 0.29) is 6.17 Å². The predicted octanol–water partition coefficient (Wildman–Crippen LogP) is 13.5. The van der Waals surface area contributed by atoms with E-state index in [1.807, 2.05) is 0 Å². The summed E-state index contributed by atoms with van der Waals surface area (Å²) in [6, 6.07) is 66.1. The zero-order valence-corrected chi connectivity index (χ0v) is 31.8. The molecule has 3 heterocycles. The fourth-order valence-electron chi connectivity index (χ4n) is 9.49. The number of allylic oxidation sites excluding steroid dienone is 1. The van der Waals surface area contributed by atoms with Crippen LogP contribution in [0, 0.1) is 0 Å². The van der Waals surface area contributed by atoms with E-state index in [2.05, 4.69) is 209 Å². The average molecular weight is 743 g/mol. The molecule has 4 heteroatoms. The number of para-hydroxylation sites is 2. The van der Waals surface area contributed by atoms with Crippen molar-refractivity contribution >= 4 is 61.0 Å². The molecular formula is C54H38N4. The number of aliphatic imine (C=N–C) groups is 1. The molecule has 0 saturated carbocycles. The number of nitrogens with zero attached hydrogens (tertiary/aromatic N) is 3. The highest BCUT2D eigenvalue weighted by molar-refractivity contribution is 6.20.